The van der Waals surface area contributed by atoms with Gasteiger partial charge in [-0.3, -0.25) is 0 Å². The summed E-state index contributed by atoms with van der Waals surface area (Å²) in [7, 11) is 0. The smallest absolute Gasteiger partial charge is 0.00418 e. The van der Waals surface area contributed by atoms with Gasteiger partial charge in [0, 0.05) is 7.12 Å². The molecule has 36 valence electrons. The van der Waals surface area contributed by atoms with Crippen LogP contribution in [0.1, 0.15) is 8.35 Å². The van der Waals surface area contributed by atoms with E-state index in [-0.39, 0.29) is 1.43 Å². The Balaban J connectivity index is 0. The normalized spacial score (nSPS) is 6.83. The van der Waals surface area contributed by atoms with Gasteiger partial charge in [-0.05, 0) is 13.1 Å². The summed E-state index contributed by atoms with van der Waals surface area (Å²) in [5.41, 5.74) is 0.921. The summed E-state index contributed by atoms with van der Waals surface area (Å²) in [6.45, 7) is 8.87. The van der Waals surface area contributed by atoms with Gasteiger partial charge in [0.15, 0.2) is 0 Å². The predicted octanol–water partition coefficient (Wildman–Crippen LogP) is 1.50. The maximum Gasteiger partial charge on any atom is 0.00418 e. The third-order valence-electron chi connectivity index (χ3n) is 0.348. The molecular formula is C5H11N. The molecule has 0 radical (unpaired) electrons. The summed E-state index contributed by atoms with van der Waals surface area (Å²) in [5.74, 6) is 0. The molecule has 0 aromatic heterocycles. The molecule has 0 saturated heterocycles. The van der Waals surface area contributed by atoms with E-state index in [4.69, 9.17) is 0 Å². The second-order valence-corrected chi connectivity index (χ2v) is 1.13. The van der Waals surface area contributed by atoms with Gasteiger partial charge in [-0.15, -0.1) is 0 Å². The van der Waals surface area contributed by atoms with Crippen molar-refractivity contribution < 1.29 is 1.43 Å². The first-order valence-corrected chi connectivity index (χ1v) is 1.80. The average Bonchev–Trinajstić information content (AvgIpc) is 1.35. The maximum absolute atomic E-state index is 3.56. The van der Waals surface area contributed by atoms with Gasteiger partial charge in [-0.25, -0.2) is 0 Å². The molecule has 1 nitrogen and oxygen atoms in total. The Morgan fingerprint density at radius 1 is 2.00 bits per heavy atom. The molecule has 0 aliphatic heterocycles. The second-order valence-electron chi connectivity index (χ2n) is 1.13. The molecule has 0 rings (SSSR count). The molecule has 0 saturated carbocycles. The monoisotopic (exact) mass is 85.1 g/mol. The van der Waals surface area contributed by atoms with Gasteiger partial charge in [0.2, 0.25) is 0 Å². The largest absolute Gasteiger partial charge is 0.366 e. The van der Waals surface area contributed by atoms with Crippen molar-refractivity contribution in [2.45, 2.75) is 6.92 Å². The standard InChI is InChI=1S/C5H9N.H2/c1-4-6-5(2)3;/h4,6H,1-2H2,3H3;1H. The molecule has 0 heterocycles. The summed E-state index contributed by atoms with van der Waals surface area (Å²) < 4.78 is 0. The summed E-state index contributed by atoms with van der Waals surface area (Å²) >= 11 is 0. The van der Waals surface area contributed by atoms with Crippen LogP contribution in [0, 0.1) is 0 Å². The summed E-state index contributed by atoms with van der Waals surface area (Å²) in [6, 6.07) is 0. The molecule has 1 heteroatoms. The van der Waals surface area contributed by atoms with Gasteiger partial charge in [0.1, 0.15) is 0 Å². The number of hydrogen-bond donors (Lipinski definition) is 1. The van der Waals surface area contributed by atoms with Crippen molar-refractivity contribution in [1.29, 1.82) is 0 Å². The molecule has 0 amide bonds. The van der Waals surface area contributed by atoms with Crippen molar-refractivity contribution >= 4 is 0 Å². The average molecular weight is 85.1 g/mol. The topological polar surface area (TPSA) is 12.0 Å². The van der Waals surface area contributed by atoms with E-state index in [0.717, 1.165) is 5.70 Å². The van der Waals surface area contributed by atoms with Crippen LogP contribution >= 0.6 is 0 Å². The van der Waals surface area contributed by atoms with E-state index in [1.54, 1.807) is 6.20 Å². The lowest BCUT2D eigenvalue weighted by Crippen LogP contribution is -1.96. The Morgan fingerprint density at radius 3 is 2.50 bits per heavy atom. The molecule has 0 atom stereocenters. The van der Waals surface area contributed by atoms with E-state index in [0.29, 0.717) is 0 Å². The zero-order valence-electron chi connectivity index (χ0n) is 3.99. The predicted molar refractivity (Wildman–Crippen MR) is 30.3 cm³/mol. The van der Waals surface area contributed by atoms with Gasteiger partial charge >= 0.3 is 0 Å². The van der Waals surface area contributed by atoms with Crippen molar-refractivity contribution in [1.82, 2.24) is 5.32 Å². The SMILES string of the molecule is C=CNC(=C)C.[HH]. The fraction of sp³-hybridized carbons (Fsp3) is 0.200. The maximum atomic E-state index is 3.56. The summed E-state index contributed by atoms with van der Waals surface area (Å²) in [5, 5.41) is 2.78. The molecule has 0 aromatic rings. The van der Waals surface area contributed by atoms with Gasteiger partial charge in [0.05, 0.1) is 0 Å². The van der Waals surface area contributed by atoms with Gasteiger partial charge in [-0.2, -0.15) is 0 Å². The van der Waals surface area contributed by atoms with Crippen molar-refractivity contribution in [2.24, 2.45) is 0 Å². The van der Waals surface area contributed by atoms with E-state index in [9.17, 15) is 0 Å². The van der Waals surface area contributed by atoms with Crippen LogP contribution in [0.25, 0.3) is 0 Å². The van der Waals surface area contributed by atoms with E-state index in [2.05, 4.69) is 18.5 Å². The zero-order valence-corrected chi connectivity index (χ0v) is 3.99. The lowest BCUT2D eigenvalue weighted by Gasteiger charge is -1.90. The van der Waals surface area contributed by atoms with Crippen molar-refractivity contribution in [3.8, 4) is 0 Å². The van der Waals surface area contributed by atoms with Crippen LogP contribution in [0.5, 0.6) is 0 Å². The number of allylic oxidation sites excluding steroid dienone is 1. The van der Waals surface area contributed by atoms with Crippen molar-refractivity contribution in [3.05, 3.63) is 25.1 Å². The van der Waals surface area contributed by atoms with Crippen LogP contribution in [0.3, 0.4) is 0 Å². The first kappa shape index (κ1) is 5.28. The minimum absolute atomic E-state index is 0. The first-order valence-electron chi connectivity index (χ1n) is 1.80. The van der Waals surface area contributed by atoms with E-state index in [1.807, 2.05) is 6.92 Å². The fourth-order valence-electron chi connectivity index (χ4n) is 0.174. The fourth-order valence-corrected chi connectivity index (χ4v) is 0.174. The van der Waals surface area contributed by atoms with E-state index < -0.39 is 0 Å². The molecule has 0 fully saturated rings. The second kappa shape index (κ2) is 2.51. The van der Waals surface area contributed by atoms with Crippen LogP contribution in [0.15, 0.2) is 25.1 Å². The van der Waals surface area contributed by atoms with Crippen LogP contribution in [-0.2, 0) is 0 Å². The highest BCUT2D eigenvalue weighted by Crippen LogP contribution is 1.72. The number of hydrogen-bond acceptors (Lipinski definition) is 1. The molecule has 0 bridgehead atoms. The first-order chi connectivity index (χ1) is 2.77. The summed E-state index contributed by atoms with van der Waals surface area (Å²) in [6.07, 6.45) is 1.60. The molecule has 0 aliphatic rings. The van der Waals surface area contributed by atoms with Gasteiger partial charge < -0.3 is 5.32 Å². The number of rotatable bonds is 2. The van der Waals surface area contributed by atoms with Crippen molar-refractivity contribution in [2.75, 3.05) is 0 Å². The van der Waals surface area contributed by atoms with Crippen LogP contribution in [0.2, 0.25) is 0 Å². The Labute approximate surface area is 39.9 Å². The molecule has 6 heavy (non-hydrogen) atoms. The third kappa shape index (κ3) is 3.28. The van der Waals surface area contributed by atoms with Crippen LogP contribution in [0.4, 0.5) is 0 Å². The molecular weight excluding hydrogens is 74.1 g/mol. The van der Waals surface area contributed by atoms with Gasteiger partial charge in [0.25, 0.3) is 0 Å². The van der Waals surface area contributed by atoms with Crippen LogP contribution in [-0.4, -0.2) is 0 Å². The third-order valence-corrected chi connectivity index (χ3v) is 0.348. The molecule has 0 spiro atoms. The number of nitrogens with one attached hydrogen (secondary N) is 1. The Bertz CT molecular complexity index is 68.5. The Morgan fingerprint density at radius 2 is 2.50 bits per heavy atom. The lowest BCUT2D eigenvalue weighted by molar-refractivity contribution is 1.07. The highest BCUT2D eigenvalue weighted by atomic mass is 14.8. The summed E-state index contributed by atoms with van der Waals surface area (Å²) in [4.78, 5) is 0. The van der Waals surface area contributed by atoms with Crippen LogP contribution < -0.4 is 5.32 Å². The molecule has 0 unspecified atom stereocenters. The quantitative estimate of drug-likeness (QED) is 0.535. The molecule has 1 N–H and O–H groups in total. The lowest BCUT2D eigenvalue weighted by atomic mass is 10.6. The minimum Gasteiger partial charge on any atom is -0.366 e. The van der Waals surface area contributed by atoms with Gasteiger partial charge in [-0.1, -0.05) is 13.2 Å². The minimum atomic E-state index is 0. The van der Waals surface area contributed by atoms with Crippen molar-refractivity contribution in [3.63, 3.8) is 0 Å². The van der Waals surface area contributed by atoms with E-state index >= 15 is 0 Å². The highest BCUT2D eigenvalue weighted by molar-refractivity contribution is 4.88. The highest BCUT2D eigenvalue weighted by Gasteiger charge is 1.66. The van der Waals surface area contributed by atoms with E-state index in [1.165, 1.54) is 0 Å². The molecule has 0 aliphatic carbocycles. The Hall–Kier alpha value is -0.720. The molecule has 0 aromatic carbocycles. The zero-order chi connectivity index (χ0) is 4.99. The Kier molecular flexibility index (Phi) is 2.21.